The van der Waals surface area contributed by atoms with E-state index in [1.165, 1.54) is 10.4 Å². The summed E-state index contributed by atoms with van der Waals surface area (Å²) in [5.74, 6) is 2.28. The van der Waals surface area contributed by atoms with Gasteiger partial charge in [0.05, 0.1) is 20.2 Å². The van der Waals surface area contributed by atoms with E-state index in [0.717, 1.165) is 24.0 Å². The molecule has 2 rings (SSSR count). The number of hydrogen-bond donors (Lipinski definition) is 2. The van der Waals surface area contributed by atoms with Crippen LogP contribution in [0.3, 0.4) is 0 Å². The van der Waals surface area contributed by atoms with Crippen molar-refractivity contribution in [2.45, 2.75) is 33.4 Å². The van der Waals surface area contributed by atoms with Crippen molar-refractivity contribution < 1.29 is 9.47 Å². The van der Waals surface area contributed by atoms with Crippen LogP contribution in [0.2, 0.25) is 0 Å². The number of para-hydroxylation sites is 2. The third kappa shape index (κ3) is 5.98. The van der Waals surface area contributed by atoms with Gasteiger partial charge in [-0.05, 0) is 49.9 Å². The molecular formula is C19H27N3O2S. The minimum absolute atomic E-state index is 0.0244. The Balaban J connectivity index is 1.90. The topological polar surface area (TPSA) is 54.9 Å². The second kappa shape index (κ2) is 9.93. The standard InChI is InChI=1S/C19H27N3O2S/c1-5-20-19(22-13-18-14(2)10-11-25-18)21-12-15(3)24-17-9-7-6-8-16(17)23-4/h6-11,15H,5,12-13H2,1-4H3,(H2,20,21,22). The molecule has 0 radical (unpaired) electrons. The van der Waals surface area contributed by atoms with Crippen LogP contribution >= 0.6 is 11.3 Å². The number of nitrogens with zero attached hydrogens (tertiary/aromatic N) is 1. The van der Waals surface area contributed by atoms with Gasteiger partial charge in [-0.3, -0.25) is 0 Å². The summed E-state index contributed by atoms with van der Waals surface area (Å²) >= 11 is 1.74. The molecule has 136 valence electrons. The van der Waals surface area contributed by atoms with Crippen molar-refractivity contribution >= 4 is 17.3 Å². The molecule has 0 saturated carbocycles. The number of rotatable bonds is 8. The molecule has 0 aliphatic rings. The molecule has 6 heteroatoms. The van der Waals surface area contributed by atoms with Crippen LogP contribution in [0.1, 0.15) is 24.3 Å². The Morgan fingerprint density at radius 3 is 2.60 bits per heavy atom. The number of methoxy groups -OCH3 is 1. The molecule has 0 aliphatic carbocycles. The number of benzene rings is 1. The molecule has 2 aromatic rings. The van der Waals surface area contributed by atoms with Crippen LogP contribution in [0, 0.1) is 6.92 Å². The normalized spacial score (nSPS) is 12.6. The summed E-state index contributed by atoms with van der Waals surface area (Å²) in [5, 5.41) is 8.71. The molecule has 0 fully saturated rings. The molecule has 0 aliphatic heterocycles. The second-order valence-electron chi connectivity index (χ2n) is 5.68. The minimum Gasteiger partial charge on any atom is -0.493 e. The summed E-state index contributed by atoms with van der Waals surface area (Å²) in [6.07, 6.45) is -0.0244. The number of aliphatic imine (C=N–C) groups is 1. The van der Waals surface area contributed by atoms with Gasteiger partial charge in [0.2, 0.25) is 0 Å². The minimum atomic E-state index is -0.0244. The molecule has 2 N–H and O–H groups in total. The van der Waals surface area contributed by atoms with Gasteiger partial charge < -0.3 is 20.1 Å². The molecule has 1 heterocycles. The van der Waals surface area contributed by atoms with Crippen LogP contribution in [0.5, 0.6) is 11.5 Å². The Labute approximate surface area is 154 Å². The van der Waals surface area contributed by atoms with Gasteiger partial charge in [0.25, 0.3) is 0 Å². The van der Waals surface area contributed by atoms with Gasteiger partial charge in [0.1, 0.15) is 6.10 Å². The lowest BCUT2D eigenvalue weighted by atomic mass is 10.3. The van der Waals surface area contributed by atoms with Crippen LogP contribution in [-0.2, 0) is 6.54 Å². The highest BCUT2D eigenvalue weighted by atomic mass is 32.1. The molecule has 0 amide bonds. The highest BCUT2D eigenvalue weighted by Gasteiger charge is 2.09. The fourth-order valence-electron chi connectivity index (χ4n) is 2.27. The van der Waals surface area contributed by atoms with Crippen molar-refractivity contribution in [1.29, 1.82) is 0 Å². The van der Waals surface area contributed by atoms with Crippen molar-refractivity contribution in [3.63, 3.8) is 0 Å². The van der Waals surface area contributed by atoms with Crippen molar-refractivity contribution in [3.05, 3.63) is 46.2 Å². The summed E-state index contributed by atoms with van der Waals surface area (Å²) < 4.78 is 11.3. The Morgan fingerprint density at radius 1 is 1.20 bits per heavy atom. The van der Waals surface area contributed by atoms with Gasteiger partial charge in [-0.1, -0.05) is 12.1 Å². The first-order valence-corrected chi connectivity index (χ1v) is 9.36. The molecule has 0 bridgehead atoms. The molecule has 1 aromatic heterocycles. The summed E-state index contributed by atoms with van der Waals surface area (Å²) in [6.45, 7) is 8.34. The van der Waals surface area contributed by atoms with Crippen LogP contribution in [-0.4, -0.2) is 32.3 Å². The lowest BCUT2D eigenvalue weighted by Crippen LogP contribution is -2.41. The Morgan fingerprint density at radius 2 is 1.96 bits per heavy atom. The number of aryl methyl sites for hydroxylation is 1. The van der Waals surface area contributed by atoms with Gasteiger partial charge in [-0.15, -0.1) is 11.3 Å². The van der Waals surface area contributed by atoms with E-state index in [0.29, 0.717) is 13.1 Å². The van der Waals surface area contributed by atoms with Crippen molar-refractivity contribution in [2.24, 2.45) is 4.99 Å². The number of nitrogens with one attached hydrogen (secondary N) is 2. The van der Waals surface area contributed by atoms with Gasteiger partial charge in [0, 0.05) is 11.4 Å². The number of guanidine groups is 1. The maximum atomic E-state index is 5.97. The first-order chi connectivity index (χ1) is 12.1. The average molecular weight is 362 g/mol. The van der Waals surface area contributed by atoms with E-state index < -0.39 is 0 Å². The van der Waals surface area contributed by atoms with Crippen molar-refractivity contribution in [2.75, 3.05) is 20.2 Å². The summed E-state index contributed by atoms with van der Waals surface area (Å²) in [4.78, 5) is 5.94. The third-order valence-corrected chi connectivity index (χ3v) is 4.66. The number of thiophene rings is 1. The maximum Gasteiger partial charge on any atom is 0.191 e. The summed E-state index contributed by atoms with van der Waals surface area (Å²) in [7, 11) is 1.65. The molecule has 1 atom stereocenters. The molecule has 0 spiro atoms. The third-order valence-electron chi connectivity index (χ3n) is 3.65. The SMILES string of the molecule is CCNC(=NCc1sccc1C)NCC(C)Oc1ccccc1OC. The van der Waals surface area contributed by atoms with Crippen molar-refractivity contribution in [1.82, 2.24) is 10.6 Å². The quantitative estimate of drug-likeness (QED) is 0.557. The highest BCUT2D eigenvalue weighted by molar-refractivity contribution is 7.10. The van der Waals surface area contributed by atoms with E-state index in [1.807, 2.05) is 31.2 Å². The lowest BCUT2D eigenvalue weighted by Gasteiger charge is -2.19. The molecule has 1 unspecified atom stereocenters. The number of ether oxygens (including phenoxy) is 2. The smallest absolute Gasteiger partial charge is 0.191 e. The van der Waals surface area contributed by atoms with Crippen molar-refractivity contribution in [3.8, 4) is 11.5 Å². The second-order valence-corrected chi connectivity index (χ2v) is 6.68. The Kier molecular flexibility index (Phi) is 7.60. The molecule has 25 heavy (non-hydrogen) atoms. The van der Waals surface area contributed by atoms with Gasteiger partial charge in [0.15, 0.2) is 17.5 Å². The van der Waals surface area contributed by atoms with Crippen LogP contribution < -0.4 is 20.1 Å². The van der Waals surface area contributed by atoms with E-state index in [-0.39, 0.29) is 6.10 Å². The van der Waals surface area contributed by atoms with Crippen LogP contribution in [0.4, 0.5) is 0 Å². The van der Waals surface area contributed by atoms with Crippen LogP contribution in [0.25, 0.3) is 0 Å². The molecular weight excluding hydrogens is 334 g/mol. The maximum absolute atomic E-state index is 5.97. The summed E-state index contributed by atoms with van der Waals surface area (Å²) in [6, 6.07) is 9.79. The van der Waals surface area contributed by atoms with Gasteiger partial charge >= 0.3 is 0 Å². The van der Waals surface area contributed by atoms with Gasteiger partial charge in [-0.25, -0.2) is 4.99 Å². The fourth-order valence-corrected chi connectivity index (χ4v) is 3.10. The Bertz CT molecular complexity index is 685. The molecule has 5 nitrogen and oxygen atoms in total. The van der Waals surface area contributed by atoms with E-state index in [2.05, 4.69) is 40.9 Å². The van der Waals surface area contributed by atoms with E-state index in [1.54, 1.807) is 18.4 Å². The largest absolute Gasteiger partial charge is 0.493 e. The molecule has 1 aromatic carbocycles. The fraction of sp³-hybridized carbons (Fsp3) is 0.421. The van der Waals surface area contributed by atoms with E-state index in [4.69, 9.17) is 9.47 Å². The van der Waals surface area contributed by atoms with Gasteiger partial charge in [-0.2, -0.15) is 0 Å². The first kappa shape index (κ1) is 19.1. The van der Waals surface area contributed by atoms with E-state index in [9.17, 15) is 0 Å². The predicted octanol–water partition coefficient (Wildman–Crippen LogP) is 3.59. The highest BCUT2D eigenvalue weighted by Crippen LogP contribution is 2.26. The van der Waals surface area contributed by atoms with E-state index >= 15 is 0 Å². The molecule has 0 saturated heterocycles. The Hall–Kier alpha value is -2.21. The average Bonchev–Trinajstić information content (AvgIpc) is 3.03. The zero-order chi connectivity index (χ0) is 18.1. The number of hydrogen-bond acceptors (Lipinski definition) is 4. The zero-order valence-corrected chi connectivity index (χ0v) is 16.2. The lowest BCUT2D eigenvalue weighted by molar-refractivity contribution is 0.213. The predicted molar refractivity (Wildman–Crippen MR) is 105 cm³/mol. The monoisotopic (exact) mass is 361 g/mol. The van der Waals surface area contributed by atoms with Crippen LogP contribution in [0.15, 0.2) is 40.7 Å². The first-order valence-electron chi connectivity index (χ1n) is 8.48. The summed E-state index contributed by atoms with van der Waals surface area (Å²) in [5.41, 5.74) is 1.29. The zero-order valence-electron chi connectivity index (χ0n) is 15.3.